The highest BCUT2D eigenvalue weighted by Crippen LogP contribution is 2.32. The summed E-state index contributed by atoms with van der Waals surface area (Å²) >= 11 is 0. The van der Waals surface area contributed by atoms with Gasteiger partial charge in [0.05, 0.1) is 0 Å². The first-order chi connectivity index (χ1) is 16.1. The van der Waals surface area contributed by atoms with Crippen LogP contribution in [0.15, 0.2) is 36.4 Å². The van der Waals surface area contributed by atoms with E-state index < -0.39 is 6.04 Å². The van der Waals surface area contributed by atoms with Crippen molar-refractivity contribution < 1.29 is 9.18 Å². The van der Waals surface area contributed by atoms with Crippen molar-refractivity contribution in [2.24, 2.45) is 0 Å². The number of carbonyl (C=O) groups is 1. The molecule has 5 N–H and O–H groups in total. The molecule has 3 aliphatic rings. The number of fused-ring (bicyclic) bond motifs is 1. The molecule has 0 spiro atoms. The number of rotatable bonds is 6. The van der Waals surface area contributed by atoms with E-state index in [-0.39, 0.29) is 11.7 Å². The maximum absolute atomic E-state index is 14.2. The first-order valence-electron chi connectivity index (χ1n) is 11.9. The molecule has 2 fully saturated rings. The van der Waals surface area contributed by atoms with Gasteiger partial charge >= 0.3 is 0 Å². The maximum Gasteiger partial charge on any atom is 0.247 e. The second-order valence-electron chi connectivity index (χ2n) is 9.36. The van der Waals surface area contributed by atoms with Crippen LogP contribution in [0.4, 0.5) is 21.5 Å². The molecule has 1 amide bonds. The molecule has 0 aromatic heterocycles. The molecule has 3 heterocycles. The zero-order valence-corrected chi connectivity index (χ0v) is 19.1. The summed E-state index contributed by atoms with van der Waals surface area (Å²) in [5.74, 6) is -0.394. The van der Waals surface area contributed by atoms with E-state index in [1.807, 2.05) is 25.1 Å². The monoisotopic (exact) mass is 452 g/mol. The van der Waals surface area contributed by atoms with Gasteiger partial charge in [-0.2, -0.15) is 0 Å². The van der Waals surface area contributed by atoms with Crippen LogP contribution in [0.1, 0.15) is 24.0 Å². The van der Waals surface area contributed by atoms with Crippen LogP contribution in [-0.2, 0) is 11.2 Å². The normalized spacial score (nSPS) is 22.8. The Morgan fingerprint density at radius 2 is 2.06 bits per heavy atom. The van der Waals surface area contributed by atoms with Crippen LogP contribution in [0, 0.1) is 12.7 Å². The fraction of sp³-hybridized carbons (Fsp3) is 0.480. The van der Waals surface area contributed by atoms with Crippen LogP contribution in [0.25, 0.3) is 0 Å². The number of nitrogens with one attached hydrogen (secondary N) is 5. The fourth-order valence-corrected chi connectivity index (χ4v) is 5.07. The van der Waals surface area contributed by atoms with Gasteiger partial charge in [0.1, 0.15) is 11.9 Å². The summed E-state index contributed by atoms with van der Waals surface area (Å²) in [6, 6.07) is 11.8. The van der Waals surface area contributed by atoms with E-state index in [2.05, 4.69) is 37.6 Å². The average Bonchev–Trinajstić information content (AvgIpc) is 3.52. The quantitative estimate of drug-likeness (QED) is 0.462. The number of hydrogen-bond acceptors (Lipinski definition) is 6. The van der Waals surface area contributed by atoms with E-state index in [9.17, 15) is 9.18 Å². The number of piperidine rings is 1. The van der Waals surface area contributed by atoms with Gasteiger partial charge in [0.15, 0.2) is 0 Å². The predicted octanol–water partition coefficient (Wildman–Crippen LogP) is 2.19. The summed E-state index contributed by atoms with van der Waals surface area (Å²) in [5, 5.41) is 16.7. The SMILES string of the molecule is Cc1ccc(F)c2c1NC(C(=O)Nc1cccc(N3CCC(NCC4CNCN4)CC3)c1)C2. The van der Waals surface area contributed by atoms with Gasteiger partial charge in [-0.05, 0) is 49.6 Å². The van der Waals surface area contributed by atoms with E-state index in [1.165, 1.54) is 6.07 Å². The van der Waals surface area contributed by atoms with Crippen molar-refractivity contribution in [3.05, 3.63) is 53.3 Å². The standard InChI is InChI=1S/C25H33FN6O/c1-16-5-6-22(26)21-12-23(31-24(16)21)25(33)30-18-3-2-4-20(11-18)32-9-7-17(8-10-32)28-14-19-13-27-15-29-19/h2-6,11,17,19,23,27-29,31H,7-10,12-15H2,1H3,(H,30,33). The molecule has 8 heteroatoms. The highest BCUT2D eigenvalue weighted by Gasteiger charge is 2.30. The number of carbonyl (C=O) groups excluding carboxylic acids is 1. The van der Waals surface area contributed by atoms with E-state index >= 15 is 0 Å². The van der Waals surface area contributed by atoms with Gasteiger partial charge in [0, 0.05) is 74.0 Å². The van der Waals surface area contributed by atoms with Crippen LogP contribution < -0.4 is 31.5 Å². The highest BCUT2D eigenvalue weighted by molar-refractivity contribution is 5.98. The van der Waals surface area contributed by atoms with Crippen LogP contribution in [0.5, 0.6) is 0 Å². The van der Waals surface area contributed by atoms with Gasteiger partial charge in [0.25, 0.3) is 0 Å². The topological polar surface area (TPSA) is 80.5 Å². The number of benzene rings is 2. The third-order valence-corrected chi connectivity index (χ3v) is 7.04. The van der Waals surface area contributed by atoms with Gasteiger partial charge in [-0.3, -0.25) is 10.1 Å². The van der Waals surface area contributed by atoms with Gasteiger partial charge < -0.3 is 26.2 Å². The van der Waals surface area contributed by atoms with Gasteiger partial charge in [-0.25, -0.2) is 4.39 Å². The van der Waals surface area contributed by atoms with E-state index in [0.29, 0.717) is 24.1 Å². The zero-order valence-electron chi connectivity index (χ0n) is 19.1. The summed E-state index contributed by atoms with van der Waals surface area (Å²) in [6.07, 6.45) is 2.57. The largest absolute Gasteiger partial charge is 0.373 e. The molecule has 2 aromatic rings. The fourth-order valence-electron chi connectivity index (χ4n) is 5.07. The van der Waals surface area contributed by atoms with Crippen molar-refractivity contribution in [1.82, 2.24) is 16.0 Å². The number of amides is 1. The zero-order chi connectivity index (χ0) is 22.8. The molecule has 176 valence electrons. The lowest BCUT2D eigenvalue weighted by atomic mass is 10.0. The Balaban J connectivity index is 1.14. The Hall–Kier alpha value is -2.68. The molecule has 2 atom stereocenters. The van der Waals surface area contributed by atoms with Crippen LogP contribution >= 0.6 is 0 Å². The van der Waals surface area contributed by atoms with Crippen molar-refractivity contribution in [1.29, 1.82) is 0 Å². The minimum absolute atomic E-state index is 0.139. The molecule has 0 saturated carbocycles. The second kappa shape index (κ2) is 9.67. The number of anilines is 3. The summed E-state index contributed by atoms with van der Waals surface area (Å²) in [6.45, 7) is 6.84. The summed E-state index contributed by atoms with van der Waals surface area (Å²) in [7, 11) is 0. The van der Waals surface area contributed by atoms with E-state index in [0.717, 1.165) is 68.3 Å². The van der Waals surface area contributed by atoms with Crippen molar-refractivity contribution in [3.8, 4) is 0 Å². The van der Waals surface area contributed by atoms with Crippen molar-refractivity contribution in [2.45, 2.75) is 44.3 Å². The van der Waals surface area contributed by atoms with E-state index in [4.69, 9.17) is 0 Å². The maximum atomic E-state index is 14.2. The third-order valence-electron chi connectivity index (χ3n) is 7.04. The molecule has 0 bridgehead atoms. The molecule has 7 nitrogen and oxygen atoms in total. The van der Waals surface area contributed by atoms with Crippen LogP contribution in [0.3, 0.4) is 0 Å². The summed E-state index contributed by atoms with van der Waals surface area (Å²) in [5.41, 5.74) is 4.20. The van der Waals surface area contributed by atoms with Gasteiger partial charge in [0.2, 0.25) is 5.91 Å². The van der Waals surface area contributed by atoms with Crippen molar-refractivity contribution >= 4 is 23.0 Å². The lowest BCUT2D eigenvalue weighted by molar-refractivity contribution is -0.116. The van der Waals surface area contributed by atoms with Gasteiger partial charge in [-0.1, -0.05) is 12.1 Å². The van der Waals surface area contributed by atoms with Crippen molar-refractivity contribution in [2.75, 3.05) is 48.4 Å². The van der Waals surface area contributed by atoms with E-state index in [1.54, 1.807) is 6.07 Å². The van der Waals surface area contributed by atoms with Gasteiger partial charge in [-0.15, -0.1) is 0 Å². The molecule has 2 unspecified atom stereocenters. The Morgan fingerprint density at radius 3 is 2.82 bits per heavy atom. The summed E-state index contributed by atoms with van der Waals surface area (Å²) < 4.78 is 14.2. The molecular formula is C25H33FN6O. The molecule has 0 radical (unpaired) electrons. The Bertz CT molecular complexity index is 969. The number of hydrogen-bond donors (Lipinski definition) is 5. The van der Waals surface area contributed by atoms with Crippen molar-refractivity contribution in [3.63, 3.8) is 0 Å². The number of nitrogens with zero attached hydrogens (tertiary/aromatic N) is 1. The minimum atomic E-state index is -0.467. The summed E-state index contributed by atoms with van der Waals surface area (Å²) in [4.78, 5) is 15.3. The predicted molar refractivity (Wildman–Crippen MR) is 130 cm³/mol. The number of halogens is 1. The smallest absolute Gasteiger partial charge is 0.247 e. The first kappa shape index (κ1) is 22.1. The molecule has 2 aromatic carbocycles. The highest BCUT2D eigenvalue weighted by atomic mass is 19.1. The molecular weight excluding hydrogens is 419 g/mol. The molecule has 3 aliphatic heterocycles. The minimum Gasteiger partial charge on any atom is -0.373 e. The first-order valence-corrected chi connectivity index (χ1v) is 11.9. The lowest BCUT2D eigenvalue weighted by Crippen LogP contribution is -2.46. The Morgan fingerprint density at radius 1 is 1.21 bits per heavy atom. The Labute approximate surface area is 194 Å². The molecule has 2 saturated heterocycles. The second-order valence-corrected chi connectivity index (χ2v) is 9.36. The molecule has 0 aliphatic carbocycles. The molecule has 33 heavy (non-hydrogen) atoms. The Kier molecular flexibility index (Phi) is 6.48. The third kappa shape index (κ3) is 4.98. The van der Waals surface area contributed by atoms with Crippen LogP contribution in [-0.4, -0.2) is 56.9 Å². The average molecular weight is 453 g/mol. The van der Waals surface area contributed by atoms with Crippen LogP contribution in [0.2, 0.25) is 0 Å². The molecule has 5 rings (SSSR count). The lowest BCUT2D eigenvalue weighted by Gasteiger charge is -2.34. The number of aryl methyl sites for hydroxylation is 1.